The molecule has 1 unspecified atom stereocenters. The molecule has 0 aliphatic carbocycles. The summed E-state index contributed by atoms with van der Waals surface area (Å²) < 4.78 is 0. The Labute approximate surface area is 142 Å². The molecule has 1 aliphatic rings. The molecule has 1 heterocycles. The van der Waals surface area contributed by atoms with E-state index in [1.807, 2.05) is 30.3 Å². The molecule has 0 radical (unpaired) electrons. The van der Waals surface area contributed by atoms with Crippen LogP contribution in [0.5, 0.6) is 0 Å². The Kier molecular flexibility index (Phi) is 4.51. The second kappa shape index (κ2) is 6.74. The van der Waals surface area contributed by atoms with Crippen molar-refractivity contribution < 1.29 is 5.11 Å². The molecule has 0 saturated carbocycles. The monoisotopic (exact) mass is 317 g/mol. The van der Waals surface area contributed by atoms with Crippen LogP contribution in [-0.4, -0.2) is 24.8 Å². The van der Waals surface area contributed by atoms with Crippen LogP contribution in [0, 0.1) is 22.7 Å². The van der Waals surface area contributed by atoms with Gasteiger partial charge in [-0.1, -0.05) is 36.4 Å². The molecule has 0 aromatic heterocycles. The molecule has 0 amide bonds. The van der Waals surface area contributed by atoms with E-state index in [2.05, 4.69) is 17.0 Å². The predicted octanol–water partition coefficient (Wildman–Crippen LogP) is 2.96. The Hall–Kier alpha value is -2.82. The van der Waals surface area contributed by atoms with Gasteiger partial charge < -0.3 is 10.0 Å². The van der Waals surface area contributed by atoms with Crippen LogP contribution in [0.25, 0.3) is 0 Å². The molecule has 4 heteroatoms. The summed E-state index contributed by atoms with van der Waals surface area (Å²) in [6.45, 7) is 1.42. The highest BCUT2D eigenvalue weighted by molar-refractivity contribution is 5.68. The molecular weight excluding hydrogens is 298 g/mol. The van der Waals surface area contributed by atoms with Gasteiger partial charge in [0.05, 0.1) is 23.4 Å². The lowest BCUT2D eigenvalue weighted by Crippen LogP contribution is -2.49. The molecule has 120 valence electrons. The first-order valence-electron chi connectivity index (χ1n) is 8.08. The smallest absolute Gasteiger partial charge is 0.101 e. The van der Waals surface area contributed by atoms with Crippen molar-refractivity contribution in [1.29, 1.82) is 10.5 Å². The Morgan fingerprint density at radius 1 is 1.00 bits per heavy atom. The minimum Gasteiger partial charge on any atom is -0.395 e. The molecule has 1 fully saturated rings. The van der Waals surface area contributed by atoms with E-state index in [1.165, 1.54) is 0 Å². The second-order valence-electron chi connectivity index (χ2n) is 6.25. The van der Waals surface area contributed by atoms with Crippen LogP contribution in [0.3, 0.4) is 0 Å². The van der Waals surface area contributed by atoms with Gasteiger partial charge in [0.15, 0.2) is 0 Å². The number of aliphatic hydroxyl groups is 1. The van der Waals surface area contributed by atoms with Gasteiger partial charge in [0.2, 0.25) is 0 Å². The fourth-order valence-electron chi connectivity index (χ4n) is 3.63. The molecule has 0 bridgehead atoms. The van der Waals surface area contributed by atoms with E-state index in [0.717, 1.165) is 24.9 Å². The normalized spacial score (nSPS) is 20.2. The maximum Gasteiger partial charge on any atom is 0.101 e. The van der Waals surface area contributed by atoms with Crippen molar-refractivity contribution in [3.8, 4) is 12.1 Å². The zero-order valence-corrected chi connectivity index (χ0v) is 13.4. The Balaban J connectivity index is 2.04. The average molecular weight is 317 g/mol. The molecule has 2 aromatic carbocycles. The Morgan fingerprint density at radius 2 is 1.67 bits per heavy atom. The van der Waals surface area contributed by atoms with E-state index >= 15 is 0 Å². The molecule has 1 saturated heterocycles. The predicted molar refractivity (Wildman–Crippen MR) is 92.5 cm³/mol. The van der Waals surface area contributed by atoms with E-state index in [1.54, 1.807) is 18.2 Å². The number of benzene rings is 2. The van der Waals surface area contributed by atoms with Crippen molar-refractivity contribution in [2.75, 3.05) is 24.6 Å². The zero-order valence-electron chi connectivity index (χ0n) is 13.4. The van der Waals surface area contributed by atoms with Crippen LogP contribution in [0.15, 0.2) is 48.5 Å². The first kappa shape index (κ1) is 16.1. The van der Waals surface area contributed by atoms with Crippen LogP contribution < -0.4 is 4.90 Å². The highest BCUT2D eigenvalue weighted by atomic mass is 16.3. The number of nitrogens with zero attached hydrogens (tertiary/aromatic N) is 3. The third-order valence-electron chi connectivity index (χ3n) is 4.86. The van der Waals surface area contributed by atoms with Crippen molar-refractivity contribution in [3.63, 3.8) is 0 Å². The summed E-state index contributed by atoms with van der Waals surface area (Å²) in [7, 11) is 0. The van der Waals surface area contributed by atoms with Gasteiger partial charge in [-0.05, 0) is 30.5 Å². The molecule has 1 atom stereocenters. The second-order valence-corrected chi connectivity index (χ2v) is 6.25. The lowest BCUT2D eigenvalue weighted by atomic mass is 9.74. The van der Waals surface area contributed by atoms with Crippen molar-refractivity contribution >= 4 is 5.69 Å². The first-order valence-corrected chi connectivity index (χ1v) is 8.08. The third-order valence-corrected chi connectivity index (χ3v) is 4.86. The topological polar surface area (TPSA) is 71.0 Å². The lowest BCUT2D eigenvalue weighted by molar-refractivity contribution is 0.172. The number of para-hydroxylation sites is 1. The Morgan fingerprint density at radius 3 is 2.25 bits per heavy atom. The highest BCUT2D eigenvalue weighted by Crippen LogP contribution is 2.37. The van der Waals surface area contributed by atoms with Gasteiger partial charge in [-0.3, -0.25) is 0 Å². The summed E-state index contributed by atoms with van der Waals surface area (Å²) in [4.78, 5) is 2.09. The van der Waals surface area contributed by atoms with Crippen LogP contribution in [0.4, 0.5) is 5.69 Å². The number of aliphatic hydroxyl groups excluding tert-OH is 1. The summed E-state index contributed by atoms with van der Waals surface area (Å²) in [6, 6.07) is 19.6. The molecule has 1 aliphatic heterocycles. The van der Waals surface area contributed by atoms with E-state index in [0.29, 0.717) is 23.4 Å². The van der Waals surface area contributed by atoms with E-state index in [-0.39, 0.29) is 12.0 Å². The van der Waals surface area contributed by atoms with Gasteiger partial charge in [-0.2, -0.15) is 10.5 Å². The molecule has 0 spiro atoms. The molecule has 4 nitrogen and oxygen atoms in total. The minimum absolute atomic E-state index is 0.0458. The quantitative estimate of drug-likeness (QED) is 0.945. The van der Waals surface area contributed by atoms with E-state index in [9.17, 15) is 15.6 Å². The Bertz CT molecular complexity index is 772. The van der Waals surface area contributed by atoms with Gasteiger partial charge >= 0.3 is 0 Å². The fraction of sp³-hybridized carbons (Fsp3) is 0.300. The number of hydrogen-bond acceptors (Lipinski definition) is 4. The molecule has 1 N–H and O–H groups in total. The summed E-state index contributed by atoms with van der Waals surface area (Å²) in [5, 5.41) is 29.0. The van der Waals surface area contributed by atoms with Gasteiger partial charge in [-0.15, -0.1) is 0 Å². The maximum absolute atomic E-state index is 10.2. The van der Waals surface area contributed by atoms with Gasteiger partial charge in [0, 0.05) is 18.5 Å². The van der Waals surface area contributed by atoms with Crippen LogP contribution >= 0.6 is 0 Å². The van der Waals surface area contributed by atoms with Gasteiger partial charge in [-0.25, -0.2) is 0 Å². The van der Waals surface area contributed by atoms with Crippen LogP contribution in [0.1, 0.15) is 29.5 Å². The number of anilines is 1. The number of piperidine rings is 1. The highest BCUT2D eigenvalue weighted by Gasteiger charge is 2.37. The largest absolute Gasteiger partial charge is 0.395 e. The molecular formula is C20H19N3O. The third kappa shape index (κ3) is 2.73. The van der Waals surface area contributed by atoms with E-state index in [4.69, 9.17) is 0 Å². The summed E-state index contributed by atoms with van der Waals surface area (Å²) in [6.07, 6.45) is 1.79. The number of rotatable bonds is 3. The summed E-state index contributed by atoms with van der Waals surface area (Å²) in [5.74, 6) is 0. The SMILES string of the molecule is N#Cc1cccc(C#N)c1N1CCCC(CO)(c2ccccc2)C1. The van der Waals surface area contributed by atoms with Gasteiger partial charge in [0.25, 0.3) is 0 Å². The van der Waals surface area contributed by atoms with Crippen molar-refractivity contribution in [3.05, 3.63) is 65.2 Å². The standard InChI is InChI=1S/C20H19N3O/c21-12-16-6-4-7-17(13-22)19(16)23-11-5-10-20(14-23,15-24)18-8-2-1-3-9-18/h1-4,6-9,24H,5,10-11,14-15H2. The molecule has 24 heavy (non-hydrogen) atoms. The minimum atomic E-state index is -0.366. The first-order chi connectivity index (χ1) is 11.7. The number of hydrogen-bond donors (Lipinski definition) is 1. The lowest BCUT2D eigenvalue weighted by Gasteiger charge is -2.43. The molecule has 3 rings (SSSR count). The summed E-state index contributed by atoms with van der Waals surface area (Å²) >= 11 is 0. The van der Waals surface area contributed by atoms with Crippen molar-refractivity contribution in [2.45, 2.75) is 18.3 Å². The van der Waals surface area contributed by atoms with Crippen molar-refractivity contribution in [1.82, 2.24) is 0 Å². The maximum atomic E-state index is 10.2. The van der Waals surface area contributed by atoms with E-state index < -0.39 is 0 Å². The van der Waals surface area contributed by atoms with Crippen LogP contribution in [-0.2, 0) is 5.41 Å². The fourth-order valence-corrected chi connectivity index (χ4v) is 3.63. The van der Waals surface area contributed by atoms with Crippen LogP contribution in [0.2, 0.25) is 0 Å². The number of nitriles is 2. The molecule has 2 aromatic rings. The average Bonchev–Trinajstić information content (AvgIpc) is 2.67. The zero-order chi connectivity index (χ0) is 17.0. The van der Waals surface area contributed by atoms with Crippen molar-refractivity contribution in [2.24, 2.45) is 0 Å². The van der Waals surface area contributed by atoms with Gasteiger partial charge in [0.1, 0.15) is 12.1 Å². The summed E-state index contributed by atoms with van der Waals surface area (Å²) in [5.41, 5.74) is 2.45.